The number of carbonyl (C=O) groups excluding carboxylic acids is 1. The Morgan fingerprint density at radius 1 is 1.13 bits per heavy atom. The number of halogens is 1. The zero-order valence-corrected chi connectivity index (χ0v) is 12.5. The maximum Gasteiger partial charge on any atom is 0.287 e. The quantitative estimate of drug-likeness (QED) is 0.793. The first-order valence-corrected chi connectivity index (χ1v) is 7.21. The number of rotatable bonds is 4. The normalized spacial score (nSPS) is 11.9. The molecule has 0 saturated heterocycles. The molecule has 0 aliphatic carbocycles. The minimum absolute atomic E-state index is 0.131. The second kappa shape index (κ2) is 6.44. The summed E-state index contributed by atoms with van der Waals surface area (Å²) in [5.41, 5.74) is 1.08. The molecule has 3 aromatic rings. The zero-order chi connectivity index (χ0) is 16.2. The summed E-state index contributed by atoms with van der Waals surface area (Å²) in [6.07, 6.45) is 1.67. The van der Waals surface area contributed by atoms with Gasteiger partial charge in [0.25, 0.3) is 5.91 Å². The van der Waals surface area contributed by atoms with Crippen LogP contribution in [-0.2, 0) is 0 Å². The summed E-state index contributed by atoms with van der Waals surface area (Å²) in [6, 6.07) is 14.6. The van der Waals surface area contributed by atoms with E-state index in [1.165, 1.54) is 12.1 Å². The molecule has 2 aromatic heterocycles. The van der Waals surface area contributed by atoms with Crippen molar-refractivity contribution in [1.29, 1.82) is 0 Å². The third-order valence-corrected chi connectivity index (χ3v) is 3.45. The second-order valence-electron chi connectivity index (χ2n) is 5.09. The van der Waals surface area contributed by atoms with Gasteiger partial charge in [-0.3, -0.25) is 9.78 Å². The van der Waals surface area contributed by atoms with Crippen molar-refractivity contribution >= 4 is 5.91 Å². The van der Waals surface area contributed by atoms with Gasteiger partial charge in [-0.15, -0.1) is 0 Å². The van der Waals surface area contributed by atoms with E-state index in [4.69, 9.17) is 4.42 Å². The Kier molecular flexibility index (Phi) is 4.19. The largest absolute Gasteiger partial charge is 0.451 e. The molecule has 0 fully saturated rings. The van der Waals surface area contributed by atoms with Gasteiger partial charge in [-0.1, -0.05) is 18.2 Å². The van der Waals surface area contributed by atoms with Crippen molar-refractivity contribution in [2.24, 2.45) is 0 Å². The standard InChI is InChI=1S/C18H15FN2O2/c1-12(15-8-4-5-11-20-15)21-18(22)17-10-9-16(23-17)13-6-2-3-7-14(13)19/h2-12H,1H3,(H,21,22)/t12-/m1/s1. The molecule has 1 aromatic carbocycles. The van der Waals surface area contributed by atoms with Gasteiger partial charge < -0.3 is 9.73 Å². The van der Waals surface area contributed by atoms with Gasteiger partial charge in [-0.2, -0.15) is 0 Å². The van der Waals surface area contributed by atoms with Gasteiger partial charge in [-0.05, 0) is 43.3 Å². The number of amides is 1. The van der Waals surface area contributed by atoms with Crippen molar-refractivity contribution in [3.63, 3.8) is 0 Å². The summed E-state index contributed by atoms with van der Waals surface area (Å²) < 4.78 is 19.2. The fourth-order valence-corrected chi connectivity index (χ4v) is 2.24. The summed E-state index contributed by atoms with van der Waals surface area (Å²) >= 11 is 0. The van der Waals surface area contributed by atoms with E-state index in [0.29, 0.717) is 11.3 Å². The zero-order valence-electron chi connectivity index (χ0n) is 12.5. The lowest BCUT2D eigenvalue weighted by molar-refractivity contribution is 0.0912. The van der Waals surface area contributed by atoms with Gasteiger partial charge in [0.1, 0.15) is 11.6 Å². The highest BCUT2D eigenvalue weighted by Gasteiger charge is 2.17. The summed E-state index contributed by atoms with van der Waals surface area (Å²) in [6.45, 7) is 1.83. The highest BCUT2D eigenvalue weighted by Crippen LogP contribution is 2.25. The molecule has 0 unspecified atom stereocenters. The average molecular weight is 310 g/mol. The Hall–Kier alpha value is -2.95. The minimum atomic E-state index is -0.393. The summed E-state index contributed by atoms with van der Waals surface area (Å²) in [5, 5.41) is 2.80. The predicted octanol–water partition coefficient (Wildman–Crippen LogP) is 3.97. The van der Waals surface area contributed by atoms with Crippen LogP contribution in [0.4, 0.5) is 4.39 Å². The first kappa shape index (κ1) is 15.0. The molecule has 3 rings (SSSR count). The van der Waals surface area contributed by atoms with Crippen LogP contribution in [0.5, 0.6) is 0 Å². The lowest BCUT2D eigenvalue weighted by atomic mass is 10.1. The Morgan fingerprint density at radius 3 is 2.65 bits per heavy atom. The Labute approximate surface area is 133 Å². The fraction of sp³-hybridized carbons (Fsp3) is 0.111. The number of carbonyl (C=O) groups is 1. The Morgan fingerprint density at radius 2 is 1.91 bits per heavy atom. The smallest absolute Gasteiger partial charge is 0.287 e. The third-order valence-electron chi connectivity index (χ3n) is 3.45. The minimum Gasteiger partial charge on any atom is -0.451 e. The van der Waals surface area contributed by atoms with E-state index in [-0.39, 0.29) is 17.7 Å². The van der Waals surface area contributed by atoms with Crippen molar-refractivity contribution in [2.45, 2.75) is 13.0 Å². The summed E-state index contributed by atoms with van der Waals surface area (Å²) in [5.74, 6) is -0.314. The molecule has 23 heavy (non-hydrogen) atoms. The highest BCUT2D eigenvalue weighted by atomic mass is 19.1. The topological polar surface area (TPSA) is 55.1 Å². The lowest BCUT2D eigenvalue weighted by Gasteiger charge is -2.11. The molecular formula is C18H15FN2O2. The number of furan rings is 1. The van der Waals surface area contributed by atoms with Gasteiger partial charge in [0.05, 0.1) is 17.3 Å². The molecule has 0 saturated carbocycles. The number of benzene rings is 1. The van der Waals surface area contributed by atoms with E-state index in [2.05, 4.69) is 10.3 Å². The fourth-order valence-electron chi connectivity index (χ4n) is 2.24. The molecule has 0 bridgehead atoms. The highest BCUT2D eigenvalue weighted by molar-refractivity contribution is 5.92. The number of nitrogens with zero attached hydrogens (tertiary/aromatic N) is 1. The SMILES string of the molecule is C[C@@H](NC(=O)c1ccc(-c2ccccc2F)o1)c1ccccn1. The first-order chi connectivity index (χ1) is 11.1. The predicted molar refractivity (Wildman–Crippen MR) is 84.2 cm³/mol. The van der Waals surface area contributed by atoms with Crippen LogP contribution in [0.15, 0.2) is 65.2 Å². The van der Waals surface area contributed by atoms with Crippen molar-refractivity contribution in [1.82, 2.24) is 10.3 Å². The van der Waals surface area contributed by atoms with Crippen molar-refractivity contribution in [3.05, 3.63) is 78.1 Å². The number of nitrogens with one attached hydrogen (secondary N) is 1. The summed E-state index contributed by atoms with van der Waals surface area (Å²) in [4.78, 5) is 16.4. The number of hydrogen-bond donors (Lipinski definition) is 1. The second-order valence-corrected chi connectivity index (χ2v) is 5.09. The molecular weight excluding hydrogens is 295 g/mol. The molecule has 1 N–H and O–H groups in total. The maximum atomic E-state index is 13.7. The molecule has 0 spiro atoms. The molecule has 0 aliphatic heterocycles. The van der Waals surface area contributed by atoms with E-state index in [0.717, 1.165) is 5.69 Å². The van der Waals surface area contributed by atoms with Crippen LogP contribution in [0.1, 0.15) is 29.2 Å². The van der Waals surface area contributed by atoms with Crippen LogP contribution < -0.4 is 5.32 Å². The van der Waals surface area contributed by atoms with Crippen LogP contribution in [-0.4, -0.2) is 10.9 Å². The van der Waals surface area contributed by atoms with E-state index < -0.39 is 5.82 Å². The molecule has 5 heteroatoms. The van der Waals surface area contributed by atoms with Crippen LogP contribution in [0.3, 0.4) is 0 Å². The van der Waals surface area contributed by atoms with E-state index in [1.807, 2.05) is 25.1 Å². The van der Waals surface area contributed by atoms with Gasteiger partial charge in [0, 0.05) is 6.20 Å². The van der Waals surface area contributed by atoms with Gasteiger partial charge in [-0.25, -0.2) is 4.39 Å². The molecule has 116 valence electrons. The number of pyridine rings is 1. The number of hydrogen-bond acceptors (Lipinski definition) is 3. The Bertz CT molecular complexity index is 815. The molecule has 0 radical (unpaired) electrons. The molecule has 1 atom stereocenters. The van der Waals surface area contributed by atoms with Crippen molar-refractivity contribution < 1.29 is 13.6 Å². The monoisotopic (exact) mass is 310 g/mol. The summed E-state index contributed by atoms with van der Waals surface area (Å²) in [7, 11) is 0. The van der Waals surface area contributed by atoms with Crippen LogP contribution in [0, 0.1) is 5.82 Å². The van der Waals surface area contributed by atoms with Gasteiger partial charge in [0.15, 0.2) is 5.76 Å². The van der Waals surface area contributed by atoms with E-state index in [1.54, 1.807) is 30.5 Å². The lowest BCUT2D eigenvalue weighted by Crippen LogP contribution is -2.26. The van der Waals surface area contributed by atoms with E-state index in [9.17, 15) is 9.18 Å². The van der Waals surface area contributed by atoms with Crippen molar-refractivity contribution in [2.75, 3.05) is 0 Å². The Balaban J connectivity index is 1.75. The van der Waals surface area contributed by atoms with Gasteiger partial charge >= 0.3 is 0 Å². The van der Waals surface area contributed by atoms with Crippen LogP contribution >= 0.6 is 0 Å². The van der Waals surface area contributed by atoms with Crippen LogP contribution in [0.2, 0.25) is 0 Å². The molecule has 0 aliphatic rings. The van der Waals surface area contributed by atoms with E-state index >= 15 is 0 Å². The van der Waals surface area contributed by atoms with Crippen molar-refractivity contribution in [3.8, 4) is 11.3 Å². The van der Waals surface area contributed by atoms with Gasteiger partial charge in [0.2, 0.25) is 0 Å². The molecule has 1 amide bonds. The average Bonchev–Trinajstić information content (AvgIpc) is 3.06. The molecule has 4 nitrogen and oxygen atoms in total. The maximum absolute atomic E-state index is 13.7. The third kappa shape index (κ3) is 3.29. The number of aromatic nitrogens is 1. The first-order valence-electron chi connectivity index (χ1n) is 7.21. The van der Waals surface area contributed by atoms with Crippen LogP contribution in [0.25, 0.3) is 11.3 Å². The molecule has 2 heterocycles.